The zero-order valence-corrected chi connectivity index (χ0v) is 18.9. The second kappa shape index (κ2) is 7.68. The summed E-state index contributed by atoms with van der Waals surface area (Å²) in [4.78, 5) is 14.5. The Bertz CT molecular complexity index is 1210. The minimum atomic E-state index is -3.84. The molecule has 0 spiro atoms. The van der Waals surface area contributed by atoms with Gasteiger partial charge in [-0.05, 0) is 61.7 Å². The van der Waals surface area contributed by atoms with E-state index >= 15 is 0 Å². The molecular weight excluding hydrogens is 426 g/mol. The molecule has 3 rings (SSSR count). The summed E-state index contributed by atoms with van der Waals surface area (Å²) < 4.78 is 48.8. The number of carbonyl (C=O) groups excluding carboxylic acids is 1. The molecule has 1 aliphatic rings. The number of primary sulfonamides is 1. The number of fused-ring (bicyclic) bond motifs is 1. The highest BCUT2D eigenvalue weighted by atomic mass is 32.2. The van der Waals surface area contributed by atoms with Crippen molar-refractivity contribution in [1.29, 1.82) is 0 Å². The molecule has 2 N–H and O–H groups in total. The van der Waals surface area contributed by atoms with Gasteiger partial charge in [-0.2, -0.15) is 0 Å². The van der Waals surface area contributed by atoms with Crippen LogP contribution in [0.4, 0.5) is 5.69 Å². The number of hydrogen-bond donors (Lipinski definition) is 1. The zero-order chi connectivity index (χ0) is 22.4. The molecule has 0 saturated carbocycles. The molecular formula is C20H25N3O5S2. The summed E-state index contributed by atoms with van der Waals surface area (Å²) in [5, 5.41) is 5.20. The Morgan fingerprint density at radius 3 is 2.43 bits per heavy atom. The first-order valence-electron chi connectivity index (χ1n) is 9.33. The van der Waals surface area contributed by atoms with Crippen LogP contribution in [0.5, 0.6) is 0 Å². The van der Waals surface area contributed by atoms with E-state index in [-0.39, 0.29) is 16.8 Å². The Hall–Kier alpha value is -2.43. The third kappa shape index (κ3) is 4.21. The molecule has 2 aromatic rings. The number of nitrogens with zero attached hydrogens (tertiary/aromatic N) is 2. The third-order valence-electron chi connectivity index (χ3n) is 5.41. The zero-order valence-electron chi connectivity index (χ0n) is 17.2. The van der Waals surface area contributed by atoms with Crippen LogP contribution >= 0.6 is 0 Å². The van der Waals surface area contributed by atoms with E-state index < -0.39 is 26.1 Å². The Balaban J connectivity index is 1.88. The van der Waals surface area contributed by atoms with Crippen LogP contribution in [0, 0.1) is 0 Å². The van der Waals surface area contributed by atoms with Gasteiger partial charge in [0, 0.05) is 18.7 Å². The number of carbonyl (C=O) groups is 1. The fraction of sp³-hybridized carbons (Fsp3) is 0.350. The van der Waals surface area contributed by atoms with Crippen LogP contribution in [0.25, 0.3) is 0 Å². The van der Waals surface area contributed by atoms with Gasteiger partial charge in [-0.1, -0.05) is 12.1 Å². The SMILES string of the molecule is CC(c1cccc(S(N)(=O)=O)c1)N(C)C(=O)c1ccc2c(c1)CC(C)N2S(C)(=O)=O. The maximum absolute atomic E-state index is 13.1. The van der Waals surface area contributed by atoms with E-state index in [1.807, 2.05) is 6.92 Å². The highest BCUT2D eigenvalue weighted by Gasteiger charge is 2.33. The molecule has 0 fully saturated rings. The number of benzene rings is 2. The van der Waals surface area contributed by atoms with Crippen molar-refractivity contribution in [2.75, 3.05) is 17.6 Å². The number of anilines is 1. The third-order valence-corrected chi connectivity index (χ3v) is 7.59. The lowest BCUT2D eigenvalue weighted by Crippen LogP contribution is -2.34. The predicted octanol–water partition coefficient (Wildman–Crippen LogP) is 1.88. The summed E-state index contributed by atoms with van der Waals surface area (Å²) in [6.07, 6.45) is 1.70. The number of amides is 1. The molecule has 30 heavy (non-hydrogen) atoms. The molecule has 0 aromatic heterocycles. The van der Waals surface area contributed by atoms with Crippen molar-refractivity contribution < 1.29 is 21.6 Å². The number of rotatable bonds is 5. The van der Waals surface area contributed by atoms with Crippen molar-refractivity contribution in [2.45, 2.75) is 37.2 Å². The standard InChI is InChI=1S/C20H25N3O5S2/c1-13-10-17-11-16(8-9-19(17)23(13)29(4,25)26)20(24)22(3)14(2)15-6-5-7-18(12-15)30(21,27)28/h5-9,11-14H,10H2,1-4H3,(H2,21,27,28). The van der Waals surface area contributed by atoms with Gasteiger partial charge >= 0.3 is 0 Å². The summed E-state index contributed by atoms with van der Waals surface area (Å²) >= 11 is 0. The van der Waals surface area contributed by atoms with E-state index in [2.05, 4.69) is 0 Å². The number of sulfonamides is 2. The van der Waals surface area contributed by atoms with Crippen LogP contribution in [-0.2, 0) is 26.5 Å². The molecule has 0 aliphatic carbocycles. The molecule has 162 valence electrons. The minimum Gasteiger partial charge on any atom is -0.335 e. The maximum Gasteiger partial charge on any atom is 0.254 e. The molecule has 2 atom stereocenters. The lowest BCUT2D eigenvalue weighted by Gasteiger charge is -2.26. The Labute approximate surface area is 177 Å². The van der Waals surface area contributed by atoms with E-state index in [1.165, 1.54) is 27.6 Å². The molecule has 2 aromatic carbocycles. The Morgan fingerprint density at radius 2 is 1.83 bits per heavy atom. The summed E-state index contributed by atoms with van der Waals surface area (Å²) in [6.45, 7) is 3.62. The van der Waals surface area contributed by atoms with Gasteiger partial charge in [0.05, 0.1) is 22.9 Å². The molecule has 1 aliphatic heterocycles. The first kappa shape index (κ1) is 22.3. The summed E-state index contributed by atoms with van der Waals surface area (Å²) in [6, 6.07) is 10.6. The van der Waals surface area contributed by atoms with Crippen molar-refractivity contribution in [2.24, 2.45) is 5.14 Å². The van der Waals surface area contributed by atoms with Crippen LogP contribution in [0.1, 0.15) is 41.4 Å². The van der Waals surface area contributed by atoms with E-state index in [0.29, 0.717) is 23.2 Å². The Morgan fingerprint density at radius 1 is 1.17 bits per heavy atom. The molecule has 8 nitrogen and oxygen atoms in total. The summed E-state index contributed by atoms with van der Waals surface area (Å²) in [5.41, 5.74) is 2.47. The fourth-order valence-corrected chi connectivity index (χ4v) is 5.63. The van der Waals surface area contributed by atoms with Crippen LogP contribution in [0.3, 0.4) is 0 Å². The van der Waals surface area contributed by atoms with E-state index in [0.717, 1.165) is 5.56 Å². The lowest BCUT2D eigenvalue weighted by molar-refractivity contribution is 0.0742. The molecule has 0 radical (unpaired) electrons. The van der Waals surface area contributed by atoms with Crippen molar-refractivity contribution >= 4 is 31.6 Å². The van der Waals surface area contributed by atoms with E-state index in [9.17, 15) is 21.6 Å². The highest BCUT2D eigenvalue weighted by Crippen LogP contribution is 2.35. The van der Waals surface area contributed by atoms with Gasteiger partial charge in [-0.25, -0.2) is 22.0 Å². The minimum absolute atomic E-state index is 0.0138. The molecule has 1 amide bonds. The molecule has 0 saturated heterocycles. The van der Waals surface area contributed by atoms with Crippen LogP contribution < -0.4 is 9.44 Å². The van der Waals surface area contributed by atoms with Crippen molar-refractivity contribution in [1.82, 2.24) is 4.90 Å². The normalized spacial score (nSPS) is 17.5. The molecule has 2 unspecified atom stereocenters. The van der Waals surface area contributed by atoms with Gasteiger partial charge in [0.1, 0.15) is 0 Å². The van der Waals surface area contributed by atoms with E-state index in [1.54, 1.807) is 44.3 Å². The first-order chi connectivity index (χ1) is 13.8. The second-order valence-electron chi connectivity index (χ2n) is 7.66. The maximum atomic E-state index is 13.1. The first-order valence-corrected chi connectivity index (χ1v) is 12.7. The predicted molar refractivity (Wildman–Crippen MR) is 115 cm³/mol. The van der Waals surface area contributed by atoms with Gasteiger partial charge in [0.2, 0.25) is 20.0 Å². The monoisotopic (exact) mass is 451 g/mol. The average molecular weight is 452 g/mol. The topological polar surface area (TPSA) is 118 Å². The average Bonchev–Trinajstić information content (AvgIpc) is 3.00. The second-order valence-corrected chi connectivity index (χ2v) is 11.1. The quantitative estimate of drug-likeness (QED) is 0.745. The van der Waals surface area contributed by atoms with Crippen molar-refractivity contribution in [3.05, 3.63) is 59.2 Å². The van der Waals surface area contributed by atoms with Gasteiger partial charge in [0.25, 0.3) is 5.91 Å². The van der Waals surface area contributed by atoms with Gasteiger partial charge in [0.15, 0.2) is 0 Å². The van der Waals surface area contributed by atoms with E-state index in [4.69, 9.17) is 5.14 Å². The molecule has 0 bridgehead atoms. The molecule has 10 heteroatoms. The van der Waals surface area contributed by atoms with Crippen molar-refractivity contribution in [3.8, 4) is 0 Å². The fourth-order valence-electron chi connectivity index (χ4n) is 3.80. The lowest BCUT2D eigenvalue weighted by atomic mass is 10.0. The number of nitrogens with two attached hydrogens (primary N) is 1. The summed E-state index contributed by atoms with van der Waals surface area (Å²) in [5.74, 6) is -0.253. The van der Waals surface area contributed by atoms with Gasteiger partial charge in [-0.15, -0.1) is 0 Å². The smallest absolute Gasteiger partial charge is 0.254 e. The van der Waals surface area contributed by atoms with Gasteiger partial charge < -0.3 is 4.90 Å². The summed E-state index contributed by atoms with van der Waals surface area (Å²) in [7, 11) is -5.61. The van der Waals surface area contributed by atoms with Crippen molar-refractivity contribution in [3.63, 3.8) is 0 Å². The van der Waals surface area contributed by atoms with Crippen LogP contribution in [0.15, 0.2) is 47.4 Å². The number of hydrogen-bond acceptors (Lipinski definition) is 5. The van der Waals surface area contributed by atoms with Crippen LogP contribution in [0.2, 0.25) is 0 Å². The largest absolute Gasteiger partial charge is 0.335 e. The van der Waals surface area contributed by atoms with Gasteiger partial charge in [-0.3, -0.25) is 9.10 Å². The highest BCUT2D eigenvalue weighted by molar-refractivity contribution is 7.92. The molecule has 1 heterocycles. The Kier molecular flexibility index (Phi) is 5.70. The van der Waals surface area contributed by atoms with Crippen LogP contribution in [-0.4, -0.2) is 47.0 Å².